The molecule has 0 aliphatic carbocycles. The van der Waals surface area contributed by atoms with Gasteiger partial charge in [-0.3, -0.25) is 4.21 Å². The van der Waals surface area contributed by atoms with Crippen LogP contribution in [0.15, 0.2) is 47.5 Å². The Hall–Kier alpha value is -2.36. The minimum Gasteiger partial charge on any atom is -0.768 e. The number of anilines is 1. The normalized spacial score (nSPS) is 12.1. The van der Waals surface area contributed by atoms with Crippen molar-refractivity contribution in [2.75, 3.05) is 5.73 Å². The molecule has 3 N–H and O–H groups in total. The summed E-state index contributed by atoms with van der Waals surface area (Å²) in [6, 6.07) is 9.52. The average Bonchev–Trinajstić information content (AvgIpc) is 3.14. The van der Waals surface area contributed by atoms with Crippen molar-refractivity contribution in [3.8, 4) is 0 Å². The number of nitrogens with zero attached hydrogens (tertiary/aromatic N) is 2. The number of H-pyrrole nitrogens is 1. The highest BCUT2D eigenvalue weighted by molar-refractivity contribution is 7.79. The minimum absolute atomic E-state index is 0.162. The predicted molar refractivity (Wildman–Crippen MR) is 87.3 cm³/mol. The lowest BCUT2D eigenvalue weighted by Gasteiger charge is -2.01. The highest BCUT2D eigenvalue weighted by Crippen LogP contribution is 2.21. The van der Waals surface area contributed by atoms with Crippen LogP contribution in [0.25, 0.3) is 21.9 Å². The van der Waals surface area contributed by atoms with E-state index in [1.165, 1.54) is 36.1 Å². The second-order valence-electron chi connectivity index (χ2n) is 4.56. The highest BCUT2D eigenvalue weighted by atomic mass is 32.2. The Morgan fingerprint density at radius 3 is 2.83 bits per heavy atom. The molecule has 118 valence electrons. The summed E-state index contributed by atoms with van der Waals surface area (Å²) in [7, 11) is 0. The first-order valence-corrected chi connectivity index (χ1v) is 8.19. The molecule has 0 saturated heterocycles. The predicted octanol–water partition coefficient (Wildman–Crippen LogP) is 2.82. The van der Waals surface area contributed by atoms with Crippen molar-refractivity contribution in [2.45, 2.75) is 4.90 Å². The van der Waals surface area contributed by atoms with Crippen LogP contribution in [-0.4, -0.2) is 22.5 Å². The summed E-state index contributed by atoms with van der Waals surface area (Å²) >= 11 is -1.10. The molecule has 9 heteroatoms. The molecule has 1 atom stereocenters. The van der Waals surface area contributed by atoms with E-state index >= 15 is 0 Å². The molecule has 0 aliphatic rings. The first-order chi connectivity index (χ1) is 11.1. The monoisotopic (exact) mass is 349 g/mol. The molecule has 0 aliphatic heterocycles. The molecule has 2 aromatic heterocycles. The Labute approximate surface area is 136 Å². The molecule has 23 heavy (non-hydrogen) atoms. The zero-order valence-electron chi connectivity index (χ0n) is 11.5. The molecule has 4 aromatic rings. The van der Waals surface area contributed by atoms with E-state index in [1.54, 1.807) is 0 Å². The highest BCUT2D eigenvalue weighted by Gasteiger charge is 2.04. The molecule has 0 saturated carbocycles. The Kier molecular flexibility index (Phi) is 4.33. The second kappa shape index (κ2) is 6.41. The Morgan fingerprint density at radius 1 is 1.26 bits per heavy atom. The first kappa shape index (κ1) is 15.5. The van der Waals surface area contributed by atoms with Crippen molar-refractivity contribution >= 4 is 50.4 Å². The van der Waals surface area contributed by atoms with Crippen LogP contribution in [-0.2, 0) is 11.1 Å². The van der Waals surface area contributed by atoms with Crippen LogP contribution in [0.2, 0.25) is 0 Å². The van der Waals surface area contributed by atoms with Crippen molar-refractivity contribution in [3.05, 3.63) is 48.4 Å². The number of nitrogens with one attached hydrogen (secondary N) is 1. The quantitative estimate of drug-likeness (QED) is 0.406. The van der Waals surface area contributed by atoms with Gasteiger partial charge >= 0.3 is 0 Å². The second-order valence-corrected chi connectivity index (χ2v) is 5.99. The van der Waals surface area contributed by atoms with Gasteiger partial charge < -0.3 is 15.3 Å². The lowest BCUT2D eigenvalue weighted by atomic mass is 10.2. The largest absolute Gasteiger partial charge is 0.768 e. The molecule has 0 spiro atoms. The summed E-state index contributed by atoms with van der Waals surface area (Å²) < 4.78 is 42.0. The van der Waals surface area contributed by atoms with E-state index < -0.39 is 16.9 Å². The van der Waals surface area contributed by atoms with Crippen LogP contribution < -0.4 is 5.73 Å². The van der Waals surface area contributed by atoms with E-state index in [2.05, 4.69) is 13.7 Å². The van der Waals surface area contributed by atoms with Gasteiger partial charge in [-0.25, -0.2) is 4.39 Å². The summed E-state index contributed by atoms with van der Waals surface area (Å²) in [6.07, 6.45) is 1.34. The van der Waals surface area contributed by atoms with Crippen LogP contribution in [0.5, 0.6) is 0 Å². The number of hydrogen-bond acceptors (Lipinski definition) is 6. The maximum absolute atomic E-state index is 12.7. The lowest BCUT2D eigenvalue weighted by Crippen LogP contribution is -1.85. The number of halogens is 1. The van der Waals surface area contributed by atoms with Crippen molar-refractivity contribution in [2.24, 2.45) is 0 Å². The van der Waals surface area contributed by atoms with Gasteiger partial charge in [-0.2, -0.15) is 8.75 Å². The van der Waals surface area contributed by atoms with Crippen LogP contribution >= 0.6 is 11.7 Å². The maximum Gasteiger partial charge on any atom is 0.127 e. The summed E-state index contributed by atoms with van der Waals surface area (Å²) in [5, 5.41) is 0.509. The average molecular weight is 349 g/mol. The molecule has 2 aromatic carbocycles. The third-order valence-corrected chi connectivity index (χ3v) is 4.34. The van der Waals surface area contributed by atoms with E-state index in [1.807, 2.05) is 18.2 Å². The maximum atomic E-state index is 12.7. The topological polar surface area (TPSA) is 108 Å². The Morgan fingerprint density at radius 2 is 2.09 bits per heavy atom. The molecule has 0 bridgehead atoms. The van der Waals surface area contributed by atoms with Gasteiger partial charge in [-0.15, -0.1) is 0 Å². The third-order valence-electron chi connectivity index (χ3n) is 3.10. The lowest BCUT2D eigenvalue weighted by molar-refractivity contribution is 0.538. The number of benzene rings is 2. The van der Waals surface area contributed by atoms with Gasteiger partial charge in [0.1, 0.15) is 16.9 Å². The number of rotatable bonds is 1. The number of hydrogen-bond donors (Lipinski definition) is 2. The molecule has 0 radical (unpaired) electrons. The summed E-state index contributed by atoms with van der Waals surface area (Å²) in [6.45, 7) is 0. The number of aromatic amines is 1. The van der Waals surface area contributed by atoms with Crippen LogP contribution in [0.4, 0.5) is 10.1 Å². The molecular formula is C14H10FN4O2S2-. The van der Waals surface area contributed by atoms with E-state index in [4.69, 9.17) is 5.73 Å². The molecule has 0 fully saturated rings. The van der Waals surface area contributed by atoms with Crippen LogP contribution in [0.3, 0.4) is 0 Å². The molecule has 4 rings (SSSR count). The van der Waals surface area contributed by atoms with Gasteiger partial charge in [0.25, 0.3) is 0 Å². The molecular weight excluding hydrogens is 339 g/mol. The van der Waals surface area contributed by atoms with Crippen LogP contribution in [0.1, 0.15) is 0 Å². The number of nitrogens with two attached hydrogens (primary N) is 1. The van der Waals surface area contributed by atoms with E-state index in [0.717, 1.165) is 11.0 Å². The number of aromatic nitrogens is 3. The smallest absolute Gasteiger partial charge is 0.127 e. The first-order valence-electron chi connectivity index (χ1n) is 6.39. The Balaban J connectivity index is 0.000000140. The minimum atomic E-state index is -2.28. The van der Waals surface area contributed by atoms with E-state index in [0.29, 0.717) is 16.6 Å². The van der Waals surface area contributed by atoms with Crippen LogP contribution in [0, 0.1) is 5.82 Å². The van der Waals surface area contributed by atoms with Crippen molar-refractivity contribution in [1.82, 2.24) is 13.7 Å². The van der Waals surface area contributed by atoms with Gasteiger partial charge in [0.2, 0.25) is 0 Å². The van der Waals surface area contributed by atoms with Gasteiger partial charge in [-0.05, 0) is 41.4 Å². The third kappa shape index (κ3) is 3.21. The SMILES string of the molecule is Nc1cccc2nsnc12.O=S([O-])c1c[nH]c2cc(F)ccc12. The summed E-state index contributed by atoms with van der Waals surface area (Å²) in [4.78, 5) is 2.84. The molecule has 6 nitrogen and oxygen atoms in total. The molecule has 2 heterocycles. The van der Waals surface area contributed by atoms with E-state index in [-0.39, 0.29) is 4.90 Å². The Bertz CT molecular complexity index is 999. The summed E-state index contributed by atoms with van der Waals surface area (Å²) in [5.74, 6) is -0.391. The van der Waals surface area contributed by atoms with Crippen molar-refractivity contribution in [1.29, 1.82) is 0 Å². The zero-order chi connectivity index (χ0) is 16.4. The van der Waals surface area contributed by atoms with Gasteiger partial charge in [0.15, 0.2) is 0 Å². The summed E-state index contributed by atoms with van der Waals surface area (Å²) in [5.41, 5.74) is 8.48. The standard InChI is InChI=1S/C8H6FNO2S.C6H5N3S/c9-5-1-2-6-7(3-5)10-4-8(6)13(11)12;7-4-2-1-3-5-6(4)9-10-8-5/h1-4,10H,(H,11,12);1-3H,7H2/p-1. The zero-order valence-corrected chi connectivity index (χ0v) is 13.2. The molecule has 1 unspecified atom stereocenters. The van der Waals surface area contributed by atoms with Gasteiger partial charge in [-0.1, -0.05) is 6.07 Å². The van der Waals surface area contributed by atoms with Crippen molar-refractivity contribution < 1.29 is 13.2 Å². The number of nitrogen functional groups attached to an aromatic ring is 1. The fourth-order valence-corrected chi connectivity index (χ4v) is 3.11. The number of fused-ring (bicyclic) bond motifs is 2. The van der Waals surface area contributed by atoms with E-state index in [9.17, 15) is 13.2 Å². The van der Waals surface area contributed by atoms with Gasteiger partial charge in [0, 0.05) is 17.1 Å². The molecule has 0 amide bonds. The van der Waals surface area contributed by atoms with Gasteiger partial charge in [0.05, 0.1) is 22.3 Å². The fourth-order valence-electron chi connectivity index (χ4n) is 2.04. The van der Waals surface area contributed by atoms with Crippen molar-refractivity contribution in [3.63, 3.8) is 0 Å². The fraction of sp³-hybridized carbons (Fsp3) is 0.